The summed E-state index contributed by atoms with van der Waals surface area (Å²) in [4.78, 5) is 34.1. The highest BCUT2D eigenvalue weighted by Crippen LogP contribution is 2.33. The molecule has 0 aliphatic carbocycles. The fourth-order valence-electron chi connectivity index (χ4n) is 4.85. The Bertz CT molecular complexity index is 1230. The van der Waals surface area contributed by atoms with Gasteiger partial charge in [-0.3, -0.25) is 9.78 Å². The van der Waals surface area contributed by atoms with E-state index < -0.39 is 0 Å². The molecule has 1 atom stereocenters. The number of anilines is 2. The number of methoxy groups -OCH3 is 3. The SMILES string of the molecule is COCC1CCCN1c1ncnc2c1CCN(c1nc3cc(OC)c(OC)cc3c(=O)[nH]1)C2. The van der Waals surface area contributed by atoms with Crippen LogP contribution in [0.3, 0.4) is 0 Å². The number of hydrogen-bond acceptors (Lipinski definition) is 9. The van der Waals surface area contributed by atoms with Gasteiger partial charge in [-0.2, -0.15) is 0 Å². The number of hydrogen-bond donors (Lipinski definition) is 1. The fraction of sp³-hybridized carbons (Fsp3) is 0.478. The maximum atomic E-state index is 12.8. The van der Waals surface area contributed by atoms with Crippen LogP contribution in [-0.4, -0.2) is 67.0 Å². The van der Waals surface area contributed by atoms with E-state index in [4.69, 9.17) is 19.2 Å². The minimum Gasteiger partial charge on any atom is -0.493 e. The van der Waals surface area contributed by atoms with E-state index in [1.165, 1.54) is 5.56 Å². The molecule has 0 saturated carbocycles. The number of aromatic nitrogens is 4. The number of nitrogens with zero attached hydrogens (tertiary/aromatic N) is 5. The van der Waals surface area contributed by atoms with Crippen molar-refractivity contribution in [3.8, 4) is 11.5 Å². The molecule has 10 heteroatoms. The maximum absolute atomic E-state index is 12.8. The molecule has 3 aromatic rings. The van der Waals surface area contributed by atoms with Gasteiger partial charge in [0.15, 0.2) is 11.5 Å². The zero-order valence-electron chi connectivity index (χ0n) is 19.1. The molecule has 1 N–H and O–H groups in total. The summed E-state index contributed by atoms with van der Waals surface area (Å²) < 4.78 is 16.1. The van der Waals surface area contributed by atoms with Gasteiger partial charge in [-0.05, 0) is 25.3 Å². The van der Waals surface area contributed by atoms with Crippen LogP contribution < -0.4 is 24.8 Å². The first-order valence-corrected chi connectivity index (χ1v) is 11.1. The van der Waals surface area contributed by atoms with Crippen LogP contribution in [0.2, 0.25) is 0 Å². The van der Waals surface area contributed by atoms with E-state index in [9.17, 15) is 4.79 Å². The van der Waals surface area contributed by atoms with E-state index in [0.717, 1.165) is 37.3 Å². The van der Waals surface area contributed by atoms with Gasteiger partial charge in [0, 0.05) is 31.8 Å². The Labute approximate surface area is 191 Å². The first-order chi connectivity index (χ1) is 16.1. The average molecular weight is 453 g/mol. The zero-order chi connectivity index (χ0) is 22.9. The van der Waals surface area contributed by atoms with Gasteiger partial charge in [-0.25, -0.2) is 15.0 Å². The van der Waals surface area contributed by atoms with Gasteiger partial charge in [-0.15, -0.1) is 0 Å². The monoisotopic (exact) mass is 452 g/mol. The lowest BCUT2D eigenvalue weighted by molar-refractivity contribution is 0.180. The lowest BCUT2D eigenvalue weighted by atomic mass is 10.0. The number of aromatic amines is 1. The van der Waals surface area contributed by atoms with Crippen LogP contribution in [0.1, 0.15) is 24.1 Å². The van der Waals surface area contributed by atoms with E-state index in [1.807, 2.05) is 4.90 Å². The Balaban J connectivity index is 1.46. The molecule has 10 nitrogen and oxygen atoms in total. The molecule has 1 saturated heterocycles. The molecule has 2 aliphatic rings. The van der Waals surface area contributed by atoms with Crippen LogP contribution in [0.4, 0.5) is 11.8 Å². The first kappa shape index (κ1) is 21.4. The zero-order valence-corrected chi connectivity index (χ0v) is 19.1. The van der Waals surface area contributed by atoms with E-state index in [0.29, 0.717) is 54.1 Å². The first-order valence-electron chi connectivity index (χ1n) is 11.1. The van der Waals surface area contributed by atoms with Crippen LogP contribution in [0.5, 0.6) is 11.5 Å². The molecule has 1 unspecified atom stereocenters. The van der Waals surface area contributed by atoms with Crippen molar-refractivity contribution in [3.63, 3.8) is 0 Å². The normalized spacial score (nSPS) is 18.0. The fourth-order valence-corrected chi connectivity index (χ4v) is 4.85. The predicted molar refractivity (Wildman–Crippen MR) is 124 cm³/mol. The molecule has 0 radical (unpaired) electrons. The molecule has 0 bridgehead atoms. The molecule has 1 aromatic carbocycles. The second-order valence-electron chi connectivity index (χ2n) is 8.35. The van der Waals surface area contributed by atoms with Gasteiger partial charge >= 0.3 is 0 Å². The van der Waals surface area contributed by atoms with Crippen LogP contribution in [0, 0.1) is 0 Å². The Morgan fingerprint density at radius 2 is 1.94 bits per heavy atom. The minimum absolute atomic E-state index is 0.218. The van der Waals surface area contributed by atoms with Gasteiger partial charge in [0.05, 0.1) is 50.0 Å². The standard InChI is InChI=1S/C23H28N6O4/c1-31-12-14-5-4-7-29(14)21-15-6-8-28(11-18(15)24-13-25-21)23-26-17-10-20(33-3)19(32-2)9-16(17)22(30)27-23/h9-10,13-14H,4-8,11-12H2,1-3H3,(H,26,27,30). The highest BCUT2D eigenvalue weighted by atomic mass is 16.5. The summed E-state index contributed by atoms with van der Waals surface area (Å²) in [6, 6.07) is 3.73. The summed E-state index contributed by atoms with van der Waals surface area (Å²) in [7, 11) is 4.85. The quantitative estimate of drug-likeness (QED) is 0.600. The van der Waals surface area contributed by atoms with Gasteiger partial charge in [0.25, 0.3) is 5.56 Å². The van der Waals surface area contributed by atoms with Crippen molar-refractivity contribution in [2.24, 2.45) is 0 Å². The van der Waals surface area contributed by atoms with Crippen LogP contribution in [0.15, 0.2) is 23.3 Å². The second kappa shape index (κ2) is 8.86. The van der Waals surface area contributed by atoms with Crippen molar-refractivity contribution in [2.75, 3.05) is 50.8 Å². The molecule has 4 heterocycles. The number of nitrogens with one attached hydrogen (secondary N) is 1. The van der Waals surface area contributed by atoms with Gasteiger partial charge in [0.2, 0.25) is 5.95 Å². The van der Waals surface area contributed by atoms with Crippen molar-refractivity contribution in [2.45, 2.75) is 31.8 Å². The number of rotatable bonds is 6. The van der Waals surface area contributed by atoms with Crippen LogP contribution >= 0.6 is 0 Å². The van der Waals surface area contributed by atoms with Crippen molar-refractivity contribution in [1.29, 1.82) is 0 Å². The minimum atomic E-state index is -0.218. The molecule has 0 spiro atoms. The average Bonchev–Trinajstić information content (AvgIpc) is 3.30. The molecular weight excluding hydrogens is 424 g/mol. The largest absolute Gasteiger partial charge is 0.493 e. The maximum Gasteiger partial charge on any atom is 0.260 e. The summed E-state index contributed by atoms with van der Waals surface area (Å²) in [5.41, 5.74) is 2.47. The Kier molecular flexibility index (Phi) is 5.76. The molecule has 0 amide bonds. The van der Waals surface area contributed by atoms with Gasteiger partial charge in [0.1, 0.15) is 12.1 Å². The van der Waals surface area contributed by atoms with Gasteiger partial charge < -0.3 is 24.0 Å². The Hall–Kier alpha value is -3.40. The lowest BCUT2D eigenvalue weighted by Gasteiger charge is -2.33. The van der Waals surface area contributed by atoms with E-state index in [2.05, 4.69) is 19.9 Å². The van der Waals surface area contributed by atoms with E-state index in [-0.39, 0.29) is 5.56 Å². The summed E-state index contributed by atoms with van der Waals surface area (Å²) in [5, 5.41) is 0.455. The van der Waals surface area contributed by atoms with Crippen LogP contribution in [0.25, 0.3) is 10.9 Å². The summed E-state index contributed by atoms with van der Waals surface area (Å²) in [6.45, 7) is 2.93. The Morgan fingerprint density at radius 1 is 1.12 bits per heavy atom. The molecule has 2 aliphatic heterocycles. The molecule has 2 aromatic heterocycles. The molecule has 33 heavy (non-hydrogen) atoms. The topological polar surface area (TPSA) is 106 Å². The third-order valence-electron chi connectivity index (χ3n) is 6.49. The second-order valence-corrected chi connectivity index (χ2v) is 8.35. The smallest absolute Gasteiger partial charge is 0.260 e. The third kappa shape index (κ3) is 3.84. The molecule has 174 valence electrons. The van der Waals surface area contributed by atoms with Crippen molar-refractivity contribution in [1.82, 2.24) is 19.9 Å². The highest BCUT2D eigenvalue weighted by Gasteiger charge is 2.31. The van der Waals surface area contributed by atoms with Crippen molar-refractivity contribution < 1.29 is 14.2 Å². The number of H-pyrrole nitrogens is 1. The van der Waals surface area contributed by atoms with E-state index in [1.54, 1.807) is 39.8 Å². The predicted octanol–water partition coefficient (Wildman–Crippen LogP) is 1.91. The number of fused-ring (bicyclic) bond motifs is 2. The third-order valence-corrected chi connectivity index (χ3v) is 6.49. The summed E-state index contributed by atoms with van der Waals surface area (Å²) in [5.74, 6) is 2.56. The van der Waals surface area contributed by atoms with Crippen molar-refractivity contribution in [3.05, 3.63) is 40.1 Å². The number of benzene rings is 1. The summed E-state index contributed by atoms with van der Waals surface area (Å²) in [6.07, 6.45) is 4.65. The summed E-state index contributed by atoms with van der Waals surface area (Å²) >= 11 is 0. The van der Waals surface area contributed by atoms with Crippen molar-refractivity contribution >= 4 is 22.7 Å². The number of ether oxygens (including phenoxy) is 3. The van der Waals surface area contributed by atoms with Crippen LogP contribution in [-0.2, 0) is 17.7 Å². The lowest BCUT2D eigenvalue weighted by Crippen LogP contribution is -2.38. The molecule has 5 rings (SSSR count). The Morgan fingerprint density at radius 3 is 2.73 bits per heavy atom. The van der Waals surface area contributed by atoms with Gasteiger partial charge in [-0.1, -0.05) is 0 Å². The van der Waals surface area contributed by atoms with E-state index >= 15 is 0 Å². The highest BCUT2D eigenvalue weighted by molar-refractivity contribution is 5.82. The molecular formula is C23H28N6O4. The molecule has 1 fully saturated rings.